The molecule has 0 saturated carbocycles. The molecule has 12 heavy (non-hydrogen) atoms. The summed E-state index contributed by atoms with van der Waals surface area (Å²) < 4.78 is 0. The zero-order valence-electron chi connectivity index (χ0n) is 8.51. The van der Waals surface area contributed by atoms with Crippen molar-refractivity contribution in [1.29, 1.82) is 0 Å². The van der Waals surface area contributed by atoms with Gasteiger partial charge in [-0.15, -0.1) is 0 Å². The van der Waals surface area contributed by atoms with E-state index < -0.39 is 0 Å². The molecule has 1 rings (SSSR count). The summed E-state index contributed by atoms with van der Waals surface area (Å²) in [5.74, 6) is 2.24. The molecular weight excluding hydrogens is 144 g/mol. The van der Waals surface area contributed by atoms with Crippen LogP contribution >= 0.6 is 0 Å². The molecule has 0 aromatic carbocycles. The first-order valence-corrected chi connectivity index (χ1v) is 5.01. The first kappa shape index (κ1) is 9.57. The fourth-order valence-electron chi connectivity index (χ4n) is 2.00. The second-order valence-corrected chi connectivity index (χ2v) is 4.00. The van der Waals surface area contributed by atoms with E-state index in [1.54, 1.807) is 0 Å². The van der Waals surface area contributed by atoms with E-state index in [0.29, 0.717) is 0 Å². The largest absolute Gasteiger partial charge is 0.0996 e. The maximum absolute atomic E-state index is 4.15. The van der Waals surface area contributed by atoms with Gasteiger partial charge in [0.1, 0.15) is 0 Å². The Bertz CT molecular complexity index is 188. The topological polar surface area (TPSA) is 0 Å². The van der Waals surface area contributed by atoms with Gasteiger partial charge in [0, 0.05) is 0 Å². The van der Waals surface area contributed by atoms with E-state index in [0.717, 1.165) is 24.2 Å². The van der Waals surface area contributed by atoms with Crippen LogP contribution in [0.1, 0.15) is 33.6 Å². The van der Waals surface area contributed by atoms with Gasteiger partial charge in [0.15, 0.2) is 0 Å². The first-order chi connectivity index (χ1) is 5.66. The lowest BCUT2D eigenvalue weighted by molar-refractivity contribution is 0.318. The Morgan fingerprint density at radius 3 is 2.75 bits per heavy atom. The van der Waals surface area contributed by atoms with Crippen LogP contribution in [-0.2, 0) is 0 Å². The normalized spacial score (nSPS) is 35.1. The van der Waals surface area contributed by atoms with Crippen LogP contribution in [0.15, 0.2) is 24.3 Å². The minimum atomic E-state index is 0.729. The average Bonchev–Trinajstić information content (AvgIpc) is 2.08. The summed E-state index contributed by atoms with van der Waals surface area (Å²) in [7, 11) is 0. The highest BCUT2D eigenvalue weighted by Crippen LogP contribution is 2.34. The Morgan fingerprint density at radius 2 is 2.17 bits per heavy atom. The van der Waals surface area contributed by atoms with E-state index in [2.05, 4.69) is 39.5 Å². The van der Waals surface area contributed by atoms with E-state index in [9.17, 15) is 0 Å². The Hall–Kier alpha value is -0.520. The average molecular weight is 164 g/mol. The third kappa shape index (κ3) is 1.80. The second-order valence-electron chi connectivity index (χ2n) is 4.00. The Morgan fingerprint density at radius 1 is 1.50 bits per heavy atom. The smallest absolute Gasteiger partial charge is 0.0140 e. The molecule has 0 nitrogen and oxygen atoms in total. The fourth-order valence-corrected chi connectivity index (χ4v) is 2.00. The van der Waals surface area contributed by atoms with Crippen molar-refractivity contribution >= 4 is 0 Å². The molecular formula is C12H20. The molecule has 68 valence electrons. The van der Waals surface area contributed by atoms with Crippen molar-refractivity contribution < 1.29 is 0 Å². The molecule has 0 radical (unpaired) electrons. The Balaban J connectivity index is 2.67. The van der Waals surface area contributed by atoms with Crippen LogP contribution in [0.3, 0.4) is 0 Å². The van der Waals surface area contributed by atoms with Crippen LogP contribution in [-0.4, -0.2) is 0 Å². The second kappa shape index (κ2) is 3.93. The highest BCUT2D eigenvalue weighted by atomic mass is 14.3. The van der Waals surface area contributed by atoms with Gasteiger partial charge in [-0.05, 0) is 30.6 Å². The Labute approximate surface area is 76.4 Å². The minimum absolute atomic E-state index is 0.729. The molecule has 3 unspecified atom stereocenters. The minimum Gasteiger partial charge on any atom is -0.0996 e. The zero-order valence-corrected chi connectivity index (χ0v) is 8.51. The van der Waals surface area contributed by atoms with Gasteiger partial charge in [0.25, 0.3) is 0 Å². The molecule has 0 saturated heterocycles. The molecule has 0 aromatic rings. The maximum atomic E-state index is 4.15. The number of allylic oxidation sites excluding steroid dienone is 3. The van der Waals surface area contributed by atoms with Crippen molar-refractivity contribution in [1.82, 2.24) is 0 Å². The van der Waals surface area contributed by atoms with Gasteiger partial charge in [-0.3, -0.25) is 0 Å². The van der Waals surface area contributed by atoms with Crippen LogP contribution < -0.4 is 0 Å². The zero-order chi connectivity index (χ0) is 9.14. The van der Waals surface area contributed by atoms with Gasteiger partial charge in [-0.2, -0.15) is 0 Å². The molecule has 1 aliphatic rings. The molecule has 0 aliphatic heterocycles. The molecule has 0 spiro atoms. The van der Waals surface area contributed by atoms with Gasteiger partial charge in [0.05, 0.1) is 0 Å². The van der Waals surface area contributed by atoms with Crippen molar-refractivity contribution in [3.63, 3.8) is 0 Å². The van der Waals surface area contributed by atoms with Gasteiger partial charge < -0.3 is 0 Å². The number of hydrogen-bond donors (Lipinski definition) is 0. The lowest BCUT2D eigenvalue weighted by Crippen LogP contribution is -2.21. The summed E-state index contributed by atoms with van der Waals surface area (Å²) in [6.45, 7) is 11.0. The summed E-state index contributed by atoms with van der Waals surface area (Å²) in [6, 6.07) is 0. The summed E-state index contributed by atoms with van der Waals surface area (Å²) in [5, 5.41) is 0. The predicted molar refractivity (Wildman–Crippen MR) is 55.0 cm³/mol. The molecule has 0 N–H and O–H groups in total. The Kier molecular flexibility index (Phi) is 3.13. The predicted octanol–water partition coefficient (Wildman–Crippen LogP) is 3.80. The van der Waals surface area contributed by atoms with Gasteiger partial charge in [-0.1, -0.05) is 45.1 Å². The van der Waals surface area contributed by atoms with Crippen LogP contribution in [0.5, 0.6) is 0 Å². The number of hydrogen-bond acceptors (Lipinski definition) is 0. The summed E-state index contributed by atoms with van der Waals surface area (Å²) in [4.78, 5) is 0. The highest BCUT2D eigenvalue weighted by Gasteiger charge is 2.24. The lowest BCUT2D eigenvalue weighted by atomic mass is 9.74. The molecule has 0 heteroatoms. The number of rotatable bonds is 2. The third-order valence-corrected chi connectivity index (χ3v) is 3.27. The van der Waals surface area contributed by atoms with Crippen LogP contribution in [0.4, 0.5) is 0 Å². The van der Waals surface area contributed by atoms with Crippen molar-refractivity contribution in [2.75, 3.05) is 0 Å². The van der Waals surface area contributed by atoms with Crippen LogP contribution in [0.25, 0.3) is 0 Å². The maximum Gasteiger partial charge on any atom is -0.0140 e. The quantitative estimate of drug-likeness (QED) is 0.544. The summed E-state index contributed by atoms with van der Waals surface area (Å²) in [6.07, 6.45) is 6.99. The molecule has 0 amide bonds. The van der Waals surface area contributed by atoms with E-state index >= 15 is 0 Å². The van der Waals surface area contributed by atoms with Crippen LogP contribution in [0, 0.1) is 17.8 Å². The van der Waals surface area contributed by atoms with Gasteiger partial charge in [-0.25, -0.2) is 0 Å². The monoisotopic (exact) mass is 164 g/mol. The van der Waals surface area contributed by atoms with Gasteiger partial charge in [0.2, 0.25) is 0 Å². The van der Waals surface area contributed by atoms with Gasteiger partial charge >= 0.3 is 0 Å². The third-order valence-electron chi connectivity index (χ3n) is 3.27. The fraction of sp³-hybridized carbons (Fsp3) is 0.667. The standard InChI is InChI=1S/C12H20/c1-5-9(2)12-8-6-7-10(3)11(12)4/h6-7,10-12H,2,5,8H2,1,3-4H3. The van der Waals surface area contributed by atoms with E-state index in [-0.39, 0.29) is 0 Å². The molecule has 0 bridgehead atoms. The summed E-state index contributed by atoms with van der Waals surface area (Å²) >= 11 is 0. The molecule has 0 aromatic heterocycles. The van der Waals surface area contributed by atoms with Crippen molar-refractivity contribution in [2.24, 2.45) is 17.8 Å². The summed E-state index contributed by atoms with van der Waals surface area (Å²) in [5.41, 5.74) is 1.43. The van der Waals surface area contributed by atoms with E-state index in [1.165, 1.54) is 12.0 Å². The van der Waals surface area contributed by atoms with Crippen molar-refractivity contribution in [3.05, 3.63) is 24.3 Å². The molecule has 3 atom stereocenters. The molecule has 0 fully saturated rings. The van der Waals surface area contributed by atoms with E-state index in [1.807, 2.05) is 0 Å². The lowest BCUT2D eigenvalue weighted by Gasteiger charge is -2.31. The molecule has 0 heterocycles. The van der Waals surface area contributed by atoms with E-state index in [4.69, 9.17) is 0 Å². The van der Waals surface area contributed by atoms with Crippen molar-refractivity contribution in [3.8, 4) is 0 Å². The first-order valence-electron chi connectivity index (χ1n) is 5.01. The molecule has 1 aliphatic carbocycles. The SMILES string of the molecule is C=C(CC)C1CC=CC(C)C1C. The van der Waals surface area contributed by atoms with Crippen LogP contribution in [0.2, 0.25) is 0 Å². The highest BCUT2D eigenvalue weighted by molar-refractivity contribution is 5.10. The van der Waals surface area contributed by atoms with Crippen molar-refractivity contribution in [2.45, 2.75) is 33.6 Å².